The average molecular weight is 278 g/mol. The Morgan fingerprint density at radius 2 is 2.05 bits per heavy atom. The van der Waals surface area contributed by atoms with Crippen molar-refractivity contribution in [3.05, 3.63) is 29.8 Å². The van der Waals surface area contributed by atoms with Gasteiger partial charge in [-0.25, -0.2) is 0 Å². The van der Waals surface area contributed by atoms with Gasteiger partial charge in [-0.05, 0) is 45.2 Å². The summed E-state index contributed by atoms with van der Waals surface area (Å²) in [4.78, 5) is 12.0. The van der Waals surface area contributed by atoms with E-state index in [0.29, 0.717) is 13.0 Å². The van der Waals surface area contributed by atoms with Crippen LogP contribution in [0.2, 0.25) is 0 Å². The van der Waals surface area contributed by atoms with E-state index < -0.39 is 6.10 Å². The molecule has 0 saturated carbocycles. The smallest absolute Gasteiger partial charge is 0.249 e. The first-order valence-electron chi connectivity index (χ1n) is 7.12. The van der Waals surface area contributed by atoms with Gasteiger partial charge in [0.05, 0.1) is 6.61 Å². The second-order valence-electron chi connectivity index (χ2n) is 5.69. The third-order valence-corrected chi connectivity index (χ3v) is 3.51. The fourth-order valence-corrected chi connectivity index (χ4v) is 1.71. The molecule has 1 aromatic rings. The zero-order valence-electron chi connectivity index (χ0n) is 12.9. The minimum Gasteiger partial charge on any atom is -0.399 e. The Labute approximate surface area is 121 Å². The van der Waals surface area contributed by atoms with Crippen LogP contribution in [0.1, 0.15) is 39.7 Å². The molecule has 0 aromatic heterocycles. The molecule has 3 N–H and O–H groups in total. The van der Waals surface area contributed by atoms with Gasteiger partial charge in [-0.2, -0.15) is 0 Å². The van der Waals surface area contributed by atoms with Crippen molar-refractivity contribution in [1.82, 2.24) is 5.32 Å². The van der Waals surface area contributed by atoms with Crippen LogP contribution in [0.4, 0.5) is 5.69 Å². The molecule has 1 aromatic carbocycles. The fourth-order valence-electron chi connectivity index (χ4n) is 1.71. The minimum atomic E-state index is -0.453. The number of hydrogen-bond donors (Lipinski definition) is 2. The quantitative estimate of drug-likeness (QED) is 0.753. The molecule has 1 rings (SSSR count). The number of anilines is 1. The Balaban J connectivity index is 2.38. The molecule has 1 amide bonds. The molecule has 0 heterocycles. The number of nitrogens with one attached hydrogen (secondary N) is 1. The van der Waals surface area contributed by atoms with Gasteiger partial charge >= 0.3 is 0 Å². The van der Waals surface area contributed by atoms with Crippen LogP contribution in [0.15, 0.2) is 24.3 Å². The van der Waals surface area contributed by atoms with E-state index in [1.807, 2.05) is 45.0 Å². The number of ether oxygens (including phenoxy) is 1. The molecule has 4 nitrogen and oxygen atoms in total. The Kier molecular flexibility index (Phi) is 6.02. The van der Waals surface area contributed by atoms with E-state index >= 15 is 0 Å². The number of carbonyl (C=O) groups excluding carboxylic acids is 1. The van der Waals surface area contributed by atoms with Crippen molar-refractivity contribution in [2.24, 2.45) is 0 Å². The summed E-state index contributed by atoms with van der Waals surface area (Å²) in [6.07, 6.45) is 1.14. The molecular formula is C16H26N2O2. The number of benzene rings is 1. The summed E-state index contributed by atoms with van der Waals surface area (Å²) in [7, 11) is 0. The Hall–Kier alpha value is -1.55. The number of rotatable bonds is 7. The third kappa shape index (κ3) is 5.21. The zero-order valence-corrected chi connectivity index (χ0v) is 12.9. The molecule has 0 aliphatic carbocycles. The maximum atomic E-state index is 12.0. The van der Waals surface area contributed by atoms with Gasteiger partial charge in [0.2, 0.25) is 5.91 Å². The molecule has 1 unspecified atom stereocenters. The predicted molar refractivity (Wildman–Crippen MR) is 82.5 cm³/mol. The molecule has 20 heavy (non-hydrogen) atoms. The van der Waals surface area contributed by atoms with E-state index in [1.54, 1.807) is 6.92 Å². The largest absolute Gasteiger partial charge is 0.399 e. The van der Waals surface area contributed by atoms with Crippen molar-refractivity contribution in [2.75, 3.05) is 12.3 Å². The highest BCUT2D eigenvalue weighted by molar-refractivity contribution is 5.81. The van der Waals surface area contributed by atoms with E-state index in [4.69, 9.17) is 10.5 Å². The highest BCUT2D eigenvalue weighted by Gasteiger charge is 2.22. The zero-order chi connectivity index (χ0) is 15.2. The van der Waals surface area contributed by atoms with Gasteiger partial charge in [0.25, 0.3) is 0 Å². The van der Waals surface area contributed by atoms with Crippen LogP contribution in [-0.4, -0.2) is 24.2 Å². The summed E-state index contributed by atoms with van der Waals surface area (Å²) in [6.45, 7) is 8.30. The topological polar surface area (TPSA) is 64.3 Å². The number of hydrogen-bond acceptors (Lipinski definition) is 3. The lowest BCUT2D eigenvalue weighted by Crippen LogP contribution is -2.47. The predicted octanol–water partition coefficient (Wildman–Crippen LogP) is 2.52. The lowest BCUT2D eigenvalue weighted by atomic mass is 10.0. The highest BCUT2D eigenvalue weighted by Crippen LogP contribution is 2.12. The Morgan fingerprint density at radius 1 is 1.40 bits per heavy atom. The lowest BCUT2D eigenvalue weighted by Gasteiger charge is -2.26. The number of nitrogens with two attached hydrogens (primary N) is 1. The van der Waals surface area contributed by atoms with Gasteiger partial charge in [-0.3, -0.25) is 4.79 Å². The standard InChI is InChI=1S/C16H26N2O2/c1-5-16(3,4)18-15(19)12(2)20-11-10-13-8-6-7-9-14(13)17/h6-9,12H,5,10-11,17H2,1-4H3,(H,18,19). The van der Waals surface area contributed by atoms with Gasteiger partial charge in [0, 0.05) is 11.2 Å². The van der Waals surface area contributed by atoms with Gasteiger partial charge in [0.15, 0.2) is 0 Å². The number of nitrogen functional groups attached to an aromatic ring is 1. The lowest BCUT2D eigenvalue weighted by molar-refractivity contribution is -0.133. The van der Waals surface area contributed by atoms with E-state index in [9.17, 15) is 4.79 Å². The Bertz CT molecular complexity index is 444. The number of amides is 1. The summed E-state index contributed by atoms with van der Waals surface area (Å²) in [6, 6.07) is 7.70. The van der Waals surface area contributed by atoms with Crippen LogP contribution in [-0.2, 0) is 16.0 Å². The van der Waals surface area contributed by atoms with Crippen LogP contribution < -0.4 is 11.1 Å². The van der Waals surface area contributed by atoms with Crippen molar-refractivity contribution < 1.29 is 9.53 Å². The normalized spacial score (nSPS) is 13.0. The summed E-state index contributed by atoms with van der Waals surface area (Å²) in [5.41, 5.74) is 7.48. The molecule has 0 aliphatic rings. The molecule has 0 bridgehead atoms. The highest BCUT2D eigenvalue weighted by atomic mass is 16.5. The van der Waals surface area contributed by atoms with Crippen molar-refractivity contribution in [3.8, 4) is 0 Å². The summed E-state index contributed by atoms with van der Waals surface area (Å²) in [5, 5.41) is 2.98. The molecule has 0 radical (unpaired) electrons. The molecule has 0 aliphatic heterocycles. The van der Waals surface area contributed by atoms with Crippen molar-refractivity contribution in [1.29, 1.82) is 0 Å². The van der Waals surface area contributed by atoms with Crippen LogP contribution in [0, 0.1) is 0 Å². The van der Waals surface area contributed by atoms with E-state index in [2.05, 4.69) is 5.32 Å². The van der Waals surface area contributed by atoms with Gasteiger partial charge < -0.3 is 15.8 Å². The molecule has 1 atom stereocenters. The van der Waals surface area contributed by atoms with E-state index in [0.717, 1.165) is 17.7 Å². The summed E-state index contributed by atoms with van der Waals surface area (Å²) >= 11 is 0. The Morgan fingerprint density at radius 3 is 2.65 bits per heavy atom. The van der Waals surface area contributed by atoms with Gasteiger partial charge in [-0.15, -0.1) is 0 Å². The monoisotopic (exact) mass is 278 g/mol. The SMILES string of the molecule is CCC(C)(C)NC(=O)C(C)OCCc1ccccc1N. The molecule has 112 valence electrons. The van der Waals surface area contributed by atoms with E-state index in [-0.39, 0.29) is 11.4 Å². The average Bonchev–Trinajstić information content (AvgIpc) is 2.40. The maximum Gasteiger partial charge on any atom is 0.249 e. The molecule has 0 spiro atoms. The third-order valence-electron chi connectivity index (χ3n) is 3.51. The van der Waals surface area contributed by atoms with Crippen LogP contribution in [0.3, 0.4) is 0 Å². The first kappa shape index (κ1) is 16.5. The second-order valence-corrected chi connectivity index (χ2v) is 5.69. The second kappa shape index (κ2) is 7.29. The molecular weight excluding hydrogens is 252 g/mol. The van der Waals surface area contributed by atoms with Crippen molar-refractivity contribution in [2.45, 2.75) is 52.2 Å². The summed E-state index contributed by atoms with van der Waals surface area (Å²) < 4.78 is 5.59. The van der Waals surface area contributed by atoms with Crippen LogP contribution in [0.5, 0.6) is 0 Å². The number of carbonyl (C=O) groups is 1. The van der Waals surface area contributed by atoms with Gasteiger partial charge in [-0.1, -0.05) is 25.1 Å². The number of para-hydroxylation sites is 1. The summed E-state index contributed by atoms with van der Waals surface area (Å²) in [5.74, 6) is -0.0714. The van der Waals surface area contributed by atoms with E-state index in [1.165, 1.54) is 0 Å². The van der Waals surface area contributed by atoms with Crippen molar-refractivity contribution >= 4 is 11.6 Å². The molecule has 0 saturated heterocycles. The minimum absolute atomic E-state index is 0.0714. The van der Waals surface area contributed by atoms with Crippen LogP contribution in [0.25, 0.3) is 0 Å². The first-order chi connectivity index (χ1) is 9.35. The molecule has 4 heteroatoms. The van der Waals surface area contributed by atoms with Gasteiger partial charge in [0.1, 0.15) is 6.10 Å². The fraction of sp³-hybridized carbons (Fsp3) is 0.562. The van der Waals surface area contributed by atoms with Crippen LogP contribution >= 0.6 is 0 Å². The maximum absolute atomic E-state index is 12.0. The van der Waals surface area contributed by atoms with Crippen molar-refractivity contribution in [3.63, 3.8) is 0 Å². The first-order valence-corrected chi connectivity index (χ1v) is 7.12. The molecule has 0 fully saturated rings.